The van der Waals surface area contributed by atoms with E-state index >= 15 is 0 Å². The SMILES string of the molecule is COc1nc(NN)nc(Nc2ccc(C)c(Br)c2)n1. The molecule has 1 heterocycles. The highest BCUT2D eigenvalue weighted by atomic mass is 79.9. The van der Waals surface area contributed by atoms with E-state index in [-0.39, 0.29) is 12.0 Å². The van der Waals surface area contributed by atoms with E-state index in [4.69, 9.17) is 10.6 Å². The molecule has 0 bridgehead atoms. The summed E-state index contributed by atoms with van der Waals surface area (Å²) >= 11 is 3.47. The van der Waals surface area contributed by atoms with Gasteiger partial charge in [0.15, 0.2) is 0 Å². The van der Waals surface area contributed by atoms with Crippen LogP contribution in [0.4, 0.5) is 17.6 Å². The molecule has 0 radical (unpaired) electrons. The number of halogens is 1. The van der Waals surface area contributed by atoms with E-state index in [9.17, 15) is 0 Å². The number of nitrogens with two attached hydrogens (primary N) is 1. The zero-order valence-corrected chi connectivity index (χ0v) is 12.0. The summed E-state index contributed by atoms with van der Waals surface area (Å²) in [5, 5.41) is 3.05. The summed E-state index contributed by atoms with van der Waals surface area (Å²) in [4.78, 5) is 12.1. The second-order valence-electron chi connectivity index (χ2n) is 3.70. The molecular weight excluding hydrogens is 312 g/mol. The van der Waals surface area contributed by atoms with E-state index in [0.717, 1.165) is 15.7 Å². The first-order valence-electron chi connectivity index (χ1n) is 5.42. The number of nitrogens with zero attached hydrogens (tertiary/aromatic N) is 3. The molecule has 8 heteroatoms. The molecule has 7 nitrogen and oxygen atoms in total. The van der Waals surface area contributed by atoms with Crippen molar-refractivity contribution in [2.75, 3.05) is 17.9 Å². The fraction of sp³-hybridized carbons (Fsp3) is 0.182. The molecule has 0 fully saturated rings. The predicted molar refractivity (Wildman–Crippen MR) is 76.4 cm³/mol. The third-order valence-corrected chi connectivity index (χ3v) is 3.21. The zero-order valence-electron chi connectivity index (χ0n) is 10.4. The van der Waals surface area contributed by atoms with Crippen LogP contribution in [0.25, 0.3) is 0 Å². The number of hydrogen-bond acceptors (Lipinski definition) is 7. The van der Waals surface area contributed by atoms with Gasteiger partial charge in [-0.1, -0.05) is 22.0 Å². The Balaban J connectivity index is 2.29. The number of benzene rings is 1. The van der Waals surface area contributed by atoms with Gasteiger partial charge in [-0.2, -0.15) is 15.0 Å². The van der Waals surface area contributed by atoms with Crippen LogP contribution in [0.5, 0.6) is 6.01 Å². The van der Waals surface area contributed by atoms with Crippen LogP contribution in [0.2, 0.25) is 0 Å². The third-order valence-electron chi connectivity index (χ3n) is 2.35. The number of hydrazine groups is 1. The molecule has 0 aliphatic carbocycles. The maximum atomic E-state index is 5.29. The summed E-state index contributed by atoms with van der Waals surface area (Å²) in [7, 11) is 1.47. The Labute approximate surface area is 118 Å². The van der Waals surface area contributed by atoms with Gasteiger partial charge in [0, 0.05) is 10.2 Å². The van der Waals surface area contributed by atoms with E-state index in [0.29, 0.717) is 5.95 Å². The molecule has 0 amide bonds. The van der Waals surface area contributed by atoms with Crippen molar-refractivity contribution >= 4 is 33.5 Å². The van der Waals surface area contributed by atoms with Gasteiger partial charge in [-0.25, -0.2) is 5.84 Å². The van der Waals surface area contributed by atoms with Gasteiger partial charge < -0.3 is 10.1 Å². The van der Waals surface area contributed by atoms with Gasteiger partial charge in [-0.3, -0.25) is 5.43 Å². The summed E-state index contributed by atoms with van der Waals surface area (Å²) in [6, 6.07) is 6.01. The number of anilines is 3. The Kier molecular flexibility index (Phi) is 4.13. The largest absolute Gasteiger partial charge is 0.467 e. The van der Waals surface area contributed by atoms with Crippen molar-refractivity contribution in [3.05, 3.63) is 28.2 Å². The van der Waals surface area contributed by atoms with E-state index in [1.165, 1.54) is 7.11 Å². The number of methoxy groups -OCH3 is 1. The molecule has 19 heavy (non-hydrogen) atoms. The lowest BCUT2D eigenvalue weighted by atomic mass is 10.2. The van der Waals surface area contributed by atoms with Crippen LogP contribution in [0.3, 0.4) is 0 Å². The lowest BCUT2D eigenvalue weighted by Crippen LogP contribution is -2.13. The van der Waals surface area contributed by atoms with Crippen LogP contribution < -0.4 is 21.3 Å². The third kappa shape index (κ3) is 3.30. The lowest BCUT2D eigenvalue weighted by Gasteiger charge is -2.08. The second-order valence-corrected chi connectivity index (χ2v) is 4.56. The minimum absolute atomic E-state index is 0.177. The second kappa shape index (κ2) is 5.81. The molecule has 0 saturated carbocycles. The van der Waals surface area contributed by atoms with Gasteiger partial charge in [0.2, 0.25) is 11.9 Å². The van der Waals surface area contributed by atoms with Crippen LogP contribution in [0.15, 0.2) is 22.7 Å². The number of nitrogens with one attached hydrogen (secondary N) is 2. The van der Waals surface area contributed by atoms with Crippen molar-refractivity contribution in [3.63, 3.8) is 0 Å². The first-order valence-corrected chi connectivity index (χ1v) is 6.21. The van der Waals surface area contributed by atoms with Gasteiger partial charge in [0.1, 0.15) is 0 Å². The van der Waals surface area contributed by atoms with Crippen LogP contribution in [0.1, 0.15) is 5.56 Å². The van der Waals surface area contributed by atoms with Gasteiger partial charge >= 0.3 is 6.01 Å². The molecule has 2 rings (SSSR count). The normalized spacial score (nSPS) is 10.1. The topological polar surface area (TPSA) is 98.0 Å². The maximum absolute atomic E-state index is 5.29. The highest BCUT2D eigenvalue weighted by Gasteiger charge is 2.06. The molecule has 0 saturated heterocycles. The van der Waals surface area contributed by atoms with E-state index < -0.39 is 0 Å². The molecular formula is C11H13BrN6O. The van der Waals surface area contributed by atoms with E-state index in [1.54, 1.807) is 0 Å². The summed E-state index contributed by atoms with van der Waals surface area (Å²) < 4.78 is 5.97. The smallest absolute Gasteiger partial charge is 0.322 e. The summed E-state index contributed by atoms with van der Waals surface area (Å²) in [6.45, 7) is 2.01. The van der Waals surface area contributed by atoms with Gasteiger partial charge in [0.05, 0.1) is 7.11 Å². The average molecular weight is 325 g/mol. The summed E-state index contributed by atoms with van der Waals surface area (Å²) in [6.07, 6.45) is 0. The number of hydrogen-bond donors (Lipinski definition) is 3. The summed E-state index contributed by atoms with van der Waals surface area (Å²) in [5.74, 6) is 5.85. The molecule has 0 atom stereocenters. The molecule has 0 spiro atoms. The average Bonchev–Trinajstić information content (AvgIpc) is 2.42. The fourth-order valence-electron chi connectivity index (χ4n) is 1.37. The number of rotatable bonds is 4. The van der Waals surface area contributed by atoms with Crippen LogP contribution in [-0.4, -0.2) is 22.1 Å². The fourth-order valence-corrected chi connectivity index (χ4v) is 1.75. The number of nitrogen functional groups attached to an aromatic ring is 1. The molecule has 1 aromatic heterocycles. The van der Waals surface area contributed by atoms with E-state index in [1.807, 2.05) is 25.1 Å². The molecule has 2 aromatic rings. The van der Waals surface area contributed by atoms with Crippen molar-refractivity contribution in [2.45, 2.75) is 6.92 Å². The number of aromatic nitrogens is 3. The molecule has 0 aliphatic rings. The van der Waals surface area contributed by atoms with Crippen molar-refractivity contribution in [1.29, 1.82) is 0 Å². The molecule has 1 aromatic carbocycles. The molecule has 0 aliphatic heterocycles. The minimum Gasteiger partial charge on any atom is -0.467 e. The quantitative estimate of drug-likeness (QED) is 0.584. The first kappa shape index (κ1) is 13.5. The van der Waals surface area contributed by atoms with Gasteiger partial charge in [-0.15, -0.1) is 0 Å². The minimum atomic E-state index is 0.177. The van der Waals surface area contributed by atoms with Crippen LogP contribution in [-0.2, 0) is 0 Å². The first-order chi connectivity index (χ1) is 9.12. The highest BCUT2D eigenvalue weighted by Crippen LogP contribution is 2.23. The Morgan fingerprint density at radius 3 is 2.58 bits per heavy atom. The van der Waals surface area contributed by atoms with Crippen molar-refractivity contribution in [1.82, 2.24) is 15.0 Å². The standard InChI is InChI=1S/C11H13BrN6O/c1-6-3-4-7(5-8(6)12)14-9-15-10(18-13)17-11(16-9)19-2/h3-5H,13H2,1-2H3,(H2,14,15,16,17,18). The predicted octanol–water partition coefficient (Wildman–Crippen LogP) is 1.98. The molecule has 100 valence electrons. The van der Waals surface area contributed by atoms with Crippen molar-refractivity contribution < 1.29 is 4.74 Å². The molecule has 0 unspecified atom stereocenters. The van der Waals surface area contributed by atoms with Crippen molar-refractivity contribution in [2.24, 2.45) is 5.84 Å². The Bertz CT molecular complexity index is 569. The Morgan fingerprint density at radius 1 is 1.21 bits per heavy atom. The maximum Gasteiger partial charge on any atom is 0.322 e. The lowest BCUT2D eigenvalue weighted by molar-refractivity contribution is 0.379. The van der Waals surface area contributed by atoms with Crippen LogP contribution in [0, 0.1) is 6.92 Å². The Hall–Kier alpha value is -1.93. The van der Waals surface area contributed by atoms with Crippen LogP contribution >= 0.6 is 15.9 Å². The monoisotopic (exact) mass is 324 g/mol. The zero-order chi connectivity index (χ0) is 13.8. The number of aryl methyl sites for hydroxylation is 1. The molecule has 4 N–H and O–H groups in total. The number of ether oxygens (including phenoxy) is 1. The van der Waals surface area contributed by atoms with Crippen molar-refractivity contribution in [3.8, 4) is 6.01 Å². The van der Waals surface area contributed by atoms with Gasteiger partial charge in [-0.05, 0) is 24.6 Å². The summed E-state index contributed by atoms with van der Waals surface area (Å²) in [5.41, 5.74) is 4.34. The highest BCUT2D eigenvalue weighted by molar-refractivity contribution is 9.10. The Morgan fingerprint density at radius 2 is 1.95 bits per heavy atom. The van der Waals surface area contributed by atoms with Gasteiger partial charge in [0.25, 0.3) is 0 Å². The van der Waals surface area contributed by atoms with E-state index in [2.05, 4.69) is 41.6 Å².